The molecule has 208 valence electrons. The number of H-pyrrole nitrogens is 1. The van der Waals surface area contributed by atoms with Crippen LogP contribution in [0.3, 0.4) is 0 Å². The van der Waals surface area contributed by atoms with E-state index in [1.165, 1.54) is 4.90 Å². The van der Waals surface area contributed by atoms with E-state index in [0.29, 0.717) is 42.8 Å². The van der Waals surface area contributed by atoms with E-state index >= 15 is 0 Å². The van der Waals surface area contributed by atoms with Crippen LogP contribution in [0.5, 0.6) is 0 Å². The van der Waals surface area contributed by atoms with Gasteiger partial charge in [-0.05, 0) is 62.8 Å². The molecule has 1 aliphatic rings. The van der Waals surface area contributed by atoms with Crippen molar-refractivity contribution in [1.82, 2.24) is 19.9 Å². The Morgan fingerprint density at radius 2 is 1.71 bits per heavy atom. The first kappa shape index (κ1) is 28.4. The number of aromatic amines is 1. The van der Waals surface area contributed by atoms with Crippen LogP contribution in [0.2, 0.25) is 5.02 Å². The molecule has 0 unspecified atom stereocenters. The summed E-state index contributed by atoms with van der Waals surface area (Å²) in [5.41, 5.74) is 1.52. The van der Waals surface area contributed by atoms with E-state index in [2.05, 4.69) is 19.9 Å². The molecular formula is C25H28ClF6N5O. The number of hydrogen-bond acceptors (Lipinski definition) is 5. The van der Waals surface area contributed by atoms with E-state index in [-0.39, 0.29) is 12.5 Å². The molecule has 2 aromatic heterocycles. The maximum absolute atomic E-state index is 13.5. The molecule has 0 spiro atoms. The summed E-state index contributed by atoms with van der Waals surface area (Å²) in [6, 6.07) is 4.66. The SMILES string of the molecule is C[C@@H](CCCC(C)(C)O)C[C@H]1c2[nH]c3ccc(Cl)cc3c2CCN1c1nc(C(F)(F)F)nc(C(F)(F)F)n1. The molecule has 0 radical (unpaired) electrons. The highest BCUT2D eigenvalue weighted by Crippen LogP contribution is 2.42. The van der Waals surface area contributed by atoms with Crippen LogP contribution < -0.4 is 4.90 Å². The Morgan fingerprint density at radius 3 is 2.29 bits per heavy atom. The van der Waals surface area contributed by atoms with E-state index in [0.717, 1.165) is 16.5 Å². The van der Waals surface area contributed by atoms with Gasteiger partial charge in [0.05, 0.1) is 11.6 Å². The van der Waals surface area contributed by atoms with Crippen molar-refractivity contribution in [2.75, 3.05) is 11.4 Å². The molecule has 0 saturated heterocycles. The van der Waals surface area contributed by atoms with Crippen molar-refractivity contribution < 1.29 is 31.4 Å². The number of hydrogen-bond donors (Lipinski definition) is 2. The van der Waals surface area contributed by atoms with Gasteiger partial charge in [0.1, 0.15) is 0 Å². The van der Waals surface area contributed by atoms with Gasteiger partial charge in [-0.1, -0.05) is 31.4 Å². The van der Waals surface area contributed by atoms with Crippen molar-refractivity contribution in [3.63, 3.8) is 0 Å². The summed E-state index contributed by atoms with van der Waals surface area (Å²) in [5.74, 6) is -4.42. The first-order chi connectivity index (χ1) is 17.5. The first-order valence-electron chi connectivity index (χ1n) is 12.2. The maximum atomic E-state index is 13.5. The molecule has 13 heteroatoms. The molecular weight excluding hydrogens is 536 g/mol. The third kappa shape index (κ3) is 6.33. The van der Waals surface area contributed by atoms with E-state index in [4.69, 9.17) is 11.6 Å². The van der Waals surface area contributed by atoms with Crippen molar-refractivity contribution in [1.29, 1.82) is 0 Å². The zero-order chi connectivity index (χ0) is 28.0. The van der Waals surface area contributed by atoms with Gasteiger partial charge in [-0.15, -0.1) is 0 Å². The molecule has 1 aliphatic heterocycles. The maximum Gasteiger partial charge on any atom is 0.451 e. The highest BCUT2D eigenvalue weighted by molar-refractivity contribution is 6.31. The molecule has 38 heavy (non-hydrogen) atoms. The van der Waals surface area contributed by atoms with Gasteiger partial charge >= 0.3 is 12.4 Å². The fraction of sp³-hybridized carbons (Fsp3) is 0.560. The Morgan fingerprint density at radius 1 is 1.08 bits per heavy atom. The van der Waals surface area contributed by atoms with Crippen molar-refractivity contribution in [2.45, 2.75) is 76.9 Å². The number of benzene rings is 1. The molecule has 0 saturated carbocycles. The fourth-order valence-corrected chi connectivity index (χ4v) is 5.12. The molecule has 2 N–H and O–H groups in total. The quantitative estimate of drug-likeness (QED) is 0.299. The van der Waals surface area contributed by atoms with Gasteiger partial charge in [-0.2, -0.15) is 36.3 Å². The number of aromatic nitrogens is 4. The standard InChI is InChI=1S/C25H28ClF6N5O/c1-13(5-4-9-23(2,3)38)11-18-19-15(16-12-14(26)6-7-17(16)33-19)8-10-37(18)22-35-20(24(27,28)29)34-21(36-22)25(30,31)32/h6-7,12-13,18,33,38H,4-5,8-11H2,1-3H3/t13-,18-/m0/s1. The van der Waals surface area contributed by atoms with E-state index in [1.54, 1.807) is 32.0 Å². The summed E-state index contributed by atoms with van der Waals surface area (Å²) in [4.78, 5) is 14.3. The largest absolute Gasteiger partial charge is 0.451 e. The molecule has 0 bridgehead atoms. The molecule has 1 aromatic carbocycles. The van der Waals surface area contributed by atoms with E-state index in [1.807, 2.05) is 6.92 Å². The normalized spacial score (nSPS) is 17.7. The van der Waals surface area contributed by atoms with Crippen LogP contribution in [-0.2, 0) is 18.8 Å². The second kappa shape index (κ2) is 10.2. The van der Waals surface area contributed by atoms with Crippen LogP contribution in [0.1, 0.15) is 75.4 Å². The molecule has 3 heterocycles. The predicted molar refractivity (Wildman–Crippen MR) is 131 cm³/mol. The molecule has 3 aromatic rings. The monoisotopic (exact) mass is 563 g/mol. The van der Waals surface area contributed by atoms with Gasteiger partial charge in [-0.3, -0.25) is 0 Å². The summed E-state index contributed by atoms with van der Waals surface area (Å²) >= 11 is 6.19. The van der Waals surface area contributed by atoms with Gasteiger partial charge < -0.3 is 15.0 Å². The Labute approximate surface area is 220 Å². The van der Waals surface area contributed by atoms with Crippen LogP contribution in [0.4, 0.5) is 32.3 Å². The van der Waals surface area contributed by atoms with Crippen molar-refractivity contribution in [3.05, 3.63) is 46.1 Å². The lowest BCUT2D eigenvalue weighted by Crippen LogP contribution is -2.38. The second-order valence-corrected chi connectivity index (χ2v) is 10.9. The lowest BCUT2D eigenvalue weighted by Gasteiger charge is -2.37. The van der Waals surface area contributed by atoms with Crippen molar-refractivity contribution in [2.24, 2.45) is 5.92 Å². The number of nitrogens with zero attached hydrogens (tertiary/aromatic N) is 4. The Hall–Kier alpha value is -2.60. The van der Waals surface area contributed by atoms with Crippen LogP contribution in [0.15, 0.2) is 18.2 Å². The topological polar surface area (TPSA) is 77.9 Å². The van der Waals surface area contributed by atoms with Gasteiger partial charge in [0, 0.05) is 28.2 Å². The summed E-state index contributed by atoms with van der Waals surface area (Å²) in [6.07, 6.45) is -7.66. The minimum Gasteiger partial charge on any atom is -0.390 e. The molecule has 0 amide bonds. The van der Waals surface area contributed by atoms with E-state index in [9.17, 15) is 31.4 Å². The van der Waals surface area contributed by atoms with Crippen molar-refractivity contribution in [3.8, 4) is 0 Å². The van der Waals surface area contributed by atoms with Gasteiger partial charge in [0.25, 0.3) is 0 Å². The predicted octanol–water partition coefficient (Wildman–Crippen LogP) is 7.12. The van der Waals surface area contributed by atoms with Gasteiger partial charge in [0.15, 0.2) is 0 Å². The van der Waals surface area contributed by atoms with Crippen LogP contribution in [-0.4, -0.2) is 37.2 Å². The first-order valence-corrected chi connectivity index (χ1v) is 12.6. The molecule has 0 aliphatic carbocycles. The Balaban J connectivity index is 1.77. The zero-order valence-corrected chi connectivity index (χ0v) is 21.8. The van der Waals surface area contributed by atoms with Crippen LogP contribution in [0.25, 0.3) is 10.9 Å². The molecule has 0 fully saturated rings. The number of nitrogens with one attached hydrogen (secondary N) is 1. The second-order valence-electron chi connectivity index (χ2n) is 10.5. The minimum absolute atomic E-state index is 0.0248. The summed E-state index contributed by atoms with van der Waals surface area (Å²) in [7, 11) is 0. The third-order valence-corrected chi connectivity index (χ3v) is 6.95. The minimum atomic E-state index is -5.18. The van der Waals surface area contributed by atoms with Crippen molar-refractivity contribution >= 4 is 28.5 Å². The zero-order valence-electron chi connectivity index (χ0n) is 21.0. The molecule has 6 nitrogen and oxygen atoms in total. The van der Waals surface area contributed by atoms with Gasteiger partial charge in [-0.25, -0.2) is 4.98 Å². The lowest BCUT2D eigenvalue weighted by molar-refractivity contribution is -0.155. The van der Waals surface area contributed by atoms with E-state index < -0.39 is 41.6 Å². The average molecular weight is 564 g/mol. The number of halogens is 7. The highest BCUT2D eigenvalue weighted by atomic mass is 35.5. The lowest BCUT2D eigenvalue weighted by atomic mass is 9.88. The number of aliphatic hydroxyl groups is 1. The van der Waals surface area contributed by atoms with Gasteiger partial charge in [0.2, 0.25) is 17.6 Å². The molecule has 2 atom stereocenters. The number of alkyl halides is 6. The Kier molecular flexibility index (Phi) is 7.61. The summed E-state index contributed by atoms with van der Waals surface area (Å²) < 4.78 is 80.9. The highest BCUT2D eigenvalue weighted by Gasteiger charge is 2.43. The number of rotatable bonds is 7. The number of anilines is 1. The van der Waals surface area contributed by atoms with Crippen LogP contribution in [0, 0.1) is 5.92 Å². The third-order valence-electron chi connectivity index (χ3n) is 6.71. The summed E-state index contributed by atoms with van der Waals surface area (Å²) in [6.45, 7) is 5.48. The molecule has 4 rings (SSSR count). The summed E-state index contributed by atoms with van der Waals surface area (Å²) in [5, 5.41) is 11.4. The number of fused-ring (bicyclic) bond motifs is 3. The fourth-order valence-electron chi connectivity index (χ4n) is 4.95. The Bertz CT molecular complexity index is 1270. The average Bonchev–Trinajstić information content (AvgIpc) is 3.15. The smallest absolute Gasteiger partial charge is 0.390 e. The van der Waals surface area contributed by atoms with Crippen LogP contribution >= 0.6 is 11.6 Å².